The van der Waals surface area contributed by atoms with Gasteiger partial charge in [0.1, 0.15) is 11.5 Å². The van der Waals surface area contributed by atoms with Crippen molar-refractivity contribution in [1.29, 1.82) is 0 Å². The molecule has 1 aromatic carbocycles. The molecular formula is C16H19ClF2N2O2. The van der Waals surface area contributed by atoms with E-state index < -0.39 is 6.61 Å². The number of benzene rings is 1. The van der Waals surface area contributed by atoms with Crippen molar-refractivity contribution in [3.05, 3.63) is 54.0 Å². The van der Waals surface area contributed by atoms with Crippen molar-refractivity contribution in [2.75, 3.05) is 26.2 Å². The summed E-state index contributed by atoms with van der Waals surface area (Å²) in [6, 6.07) is 10.3. The lowest BCUT2D eigenvalue weighted by Crippen LogP contribution is -2.45. The van der Waals surface area contributed by atoms with Crippen molar-refractivity contribution in [2.45, 2.75) is 12.7 Å². The first-order chi connectivity index (χ1) is 10.8. The molecule has 1 aliphatic rings. The summed E-state index contributed by atoms with van der Waals surface area (Å²) in [5, 5.41) is 3.29. The van der Waals surface area contributed by atoms with Crippen LogP contribution in [0.5, 0.6) is 5.75 Å². The van der Waals surface area contributed by atoms with E-state index in [2.05, 4.69) is 10.2 Å². The number of para-hydroxylation sites is 1. The fraction of sp³-hybridized carbons (Fsp3) is 0.375. The summed E-state index contributed by atoms with van der Waals surface area (Å²) >= 11 is 0. The predicted octanol–water partition coefficient (Wildman–Crippen LogP) is 3.30. The Hall–Kier alpha value is -1.63. The van der Waals surface area contributed by atoms with Gasteiger partial charge in [-0.1, -0.05) is 18.2 Å². The van der Waals surface area contributed by atoms with Gasteiger partial charge in [-0.3, -0.25) is 4.90 Å². The number of rotatable bonds is 5. The number of piperazine rings is 1. The molecule has 1 fully saturated rings. The van der Waals surface area contributed by atoms with E-state index in [-0.39, 0.29) is 24.2 Å². The van der Waals surface area contributed by atoms with Crippen molar-refractivity contribution in [3.8, 4) is 5.75 Å². The molecule has 1 atom stereocenters. The van der Waals surface area contributed by atoms with Gasteiger partial charge >= 0.3 is 6.61 Å². The standard InChI is InChI=1S/C16H18F2N2O2.ClH/c17-16(18)22-13-5-2-1-4-12(13)15(14-6-3-11-21-14)20-9-7-19-8-10-20;/h1-6,11,15-16,19H,7-10H2;1H/t15-;/m1./s1. The summed E-state index contributed by atoms with van der Waals surface area (Å²) in [7, 11) is 0. The maximum Gasteiger partial charge on any atom is 0.387 e. The highest BCUT2D eigenvalue weighted by Gasteiger charge is 2.29. The summed E-state index contributed by atoms with van der Waals surface area (Å²) in [6.45, 7) is 0.494. The largest absolute Gasteiger partial charge is 0.467 e. The number of nitrogens with one attached hydrogen (secondary N) is 1. The molecule has 4 nitrogen and oxygen atoms in total. The van der Waals surface area contributed by atoms with Gasteiger partial charge in [0.2, 0.25) is 0 Å². The van der Waals surface area contributed by atoms with E-state index in [9.17, 15) is 8.78 Å². The third-order valence-corrected chi connectivity index (χ3v) is 3.76. The second kappa shape index (κ2) is 8.29. The van der Waals surface area contributed by atoms with Crippen LogP contribution in [0.2, 0.25) is 0 Å². The van der Waals surface area contributed by atoms with E-state index in [1.165, 1.54) is 0 Å². The van der Waals surface area contributed by atoms with E-state index in [0.29, 0.717) is 5.56 Å². The number of halogens is 3. The van der Waals surface area contributed by atoms with Gasteiger partial charge in [0.25, 0.3) is 0 Å². The SMILES string of the molecule is Cl.FC(F)Oc1ccccc1[C@H](c1ccco1)N1CCNCC1. The van der Waals surface area contributed by atoms with Crippen molar-refractivity contribution in [2.24, 2.45) is 0 Å². The molecule has 0 amide bonds. The van der Waals surface area contributed by atoms with Gasteiger partial charge in [-0.15, -0.1) is 12.4 Å². The first-order valence-electron chi connectivity index (χ1n) is 7.27. The zero-order valence-corrected chi connectivity index (χ0v) is 13.3. The van der Waals surface area contributed by atoms with Crippen LogP contribution in [0.25, 0.3) is 0 Å². The van der Waals surface area contributed by atoms with Crippen LogP contribution in [0.15, 0.2) is 47.1 Å². The van der Waals surface area contributed by atoms with Gasteiger partial charge in [0, 0.05) is 31.7 Å². The van der Waals surface area contributed by atoms with Crippen LogP contribution in [0.1, 0.15) is 17.4 Å². The van der Waals surface area contributed by atoms with Crippen LogP contribution in [0.4, 0.5) is 8.78 Å². The smallest absolute Gasteiger partial charge is 0.387 e. The zero-order chi connectivity index (χ0) is 15.4. The second-order valence-corrected chi connectivity index (χ2v) is 5.12. The lowest BCUT2D eigenvalue weighted by molar-refractivity contribution is -0.0511. The highest BCUT2D eigenvalue weighted by Crippen LogP contribution is 2.35. The minimum absolute atomic E-state index is 0. The summed E-state index contributed by atoms with van der Waals surface area (Å²) in [6.07, 6.45) is 1.60. The number of furan rings is 1. The van der Waals surface area contributed by atoms with Gasteiger partial charge in [-0.05, 0) is 18.2 Å². The maximum atomic E-state index is 12.7. The summed E-state index contributed by atoms with van der Waals surface area (Å²) in [5.74, 6) is 0.921. The quantitative estimate of drug-likeness (QED) is 0.903. The molecule has 0 unspecified atom stereocenters. The summed E-state index contributed by atoms with van der Waals surface area (Å²) < 4.78 is 35.6. The molecule has 2 heterocycles. The first-order valence-corrected chi connectivity index (χ1v) is 7.27. The van der Waals surface area contributed by atoms with Crippen LogP contribution < -0.4 is 10.1 Å². The van der Waals surface area contributed by atoms with E-state index >= 15 is 0 Å². The third-order valence-electron chi connectivity index (χ3n) is 3.76. The number of hydrogen-bond donors (Lipinski definition) is 1. The highest BCUT2D eigenvalue weighted by atomic mass is 35.5. The van der Waals surface area contributed by atoms with E-state index in [4.69, 9.17) is 9.15 Å². The molecule has 0 radical (unpaired) electrons. The molecule has 1 saturated heterocycles. The molecule has 3 rings (SSSR count). The second-order valence-electron chi connectivity index (χ2n) is 5.12. The van der Waals surface area contributed by atoms with Crippen LogP contribution in [-0.2, 0) is 0 Å². The Balaban J connectivity index is 0.00000192. The number of ether oxygens (including phenoxy) is 1. The van der Waals surface area contributed by atoms with Gasteiger partial charge < -0.3 is 14.5 Å². The van der Waals surface area contributed by atoms with Gasteiger partial charge in [-0.2, -0.15) is 8.78 Å². The predicted molar refractivity (Wildman–Crippen MR) is 85.3 cm³/mol. The molecule has 23 heavy (non-hydrogen) atoms. The summed E-state index contributed by atoms with van der Waals surface area (Å²) in [4.78, 5) is 2.21. The molecular weight excluding hydrogens is 326 g/mol. The van der Waals surface area contributed by atoms with Crippen molar-refractivity contribution < 1.29 is 17.9 Å². The molecule has 0 bridgehead atoms. The Morgan fingerprint density at radius 1 is 1.09 bits per heavy atom. The van der Waals surface area contributed by atoms with Gasteiger partial charge in [0.05, 0.1) is 12.3 Å². The minimum Gasteiger partial charge on any atom is -0.467 e. The maximum absolute atomic E-state index is 12.7. The van der Waals surface area contributed by atoms with E-state index in [1.54, 1.807) is 24.5 Å². The Morgan fingerprint density at radius 2 is 1.83 bits per heavy atom. The Labute approximate surface area is 139 Å². The summed E-state index contributed by atoms with van der Waals surface area (Å²) in [5.41, 5.74) is 0.694. The molecule has 0 aliphatic carbocycles. The zero-order valence-electron chi connectivity index (χ0n) is 12.5. The van der Waals surface area contributed by atoms with E-state index in [1.807, 2.05) is 18.2 Å². The van der Waals surface area contributed by atoms with Crippen LogP contribution in [0, 0.1) is 0 Å². The van der Waals surface area contributed by atoms with Crippen molar-refractivity contribution >= 4 is 12.4 Å². The highest BCUT2D eigenvalue weighted by molar-refractivity contribution is 5.85. The van der Waals surface area contributed by atoms with Gasteiger partial charge in [-0.25, -0.2) is 0 Å². The van der Waals surface area contributed by atoms with Crippen molar-refractivity contribution in [1.82, 2.24) is 10.2 Å². The first kappa shape index (κ1) is 17.7. The Bertz CT molecular complexity index is 590. The molecule has 1 aromatic heterocycles. The Kier molecular flexibility index (Phi) is 6.38. The molecule has 7 heteroatoms. The number of nitrogens with zero attached hydrogens (tertiary/aromatic N) is 1. The number of alkyl halides is 2. The average molecular weight is 345 g/mol. The molecule has 1 aliphatic heterocycles. The molecule has 1 N–H and O–H groups in total. The van der Waals surface area contributed by atoms with Crippen LogP contribution >= 0.6 is 12.4 Å². The lowest BCUT2D eigenvalue weighted by Gasteiger charge is -2.34. The molecule has 0 saturated carbocycles. The van der Waals surface area contributed by atoms with Crippen LogP contribution in [0.3, 0.4) is 0 Å². The van der Waals surface area contributed by atoms with Gasteiger partial charge in [0.15, 0.2) is 0 Å². The normalized spacial score (nSPS) is 16.8. The average Bonchev–Trinajstić information content (AvgIpc) is 3.04. The topological polar surface area (TPSA) is 37.6 Å². The number of hydrogen-bond acceptors (Lipinski definition) is 4. The monoisotopic (exact) mass is 344 g/mol. The lowest BCUT2D eigenvalue weighted by atomic mass is 10.0. The van der Waals surface area contributed by atoms with E-state index in [0.717, 1.165) is 31.9 Å². The van der Waals surface area contributed by atoms with Crippen LogP contribution in [-0.4, -0.2) is 37.7 Å². The third kappa shape index (κ3) is 4.22. The molecule has 126 valence electrons. The molecule has 2 aromatic rings. The Morgan fingerprint density at radius 3 is 2.48 bits per heavy atom. The fourth-order valence-electron chi connectivity index (χ4n) is 2.83. The fourth-order valence-corrected chi connectivity index (χ4v) is 2.83. The van der Waals surface area contributed by atoms with Crippen molar-refractivity contribution in [3.63, 3.8) is 0 Å². The molecule has 0 spiro atoms. The minimum atomic E-state index is -2.85.